The SMILES string of the molecule is COc1ccc(NC(=O)C2=C(C)N=C3SCCCN3C2c2ccc(NC(=O)c3ccco3)cc2)cc1. The quantitative estimate of drug-likeness (QED) is 0.475. The highest BCUT2D eigenvalue weighted by atomic mass is 32.2. The van der Waals surface area contributed by atoms with E-state index in [-0.39, 0.29) is 23.6 Å². The van der Waals surface area contributed by atoms with E-state index < -0.39 is 0 Å². The Morgan fingerprint density at radius 2 is 1.72 bits per heavy atom. The number of rotatable bonds is 6. The van der Waals surface area contributed by atoms with Crippen LogP contribution in [0.2, 0.25) is 0 Å². The molecule has 2 aliphatic rings. The van der Waals surface area contributed by atoms with Gasteiger partial charge in [-0.1, -0.05) is 23.9 Å². The molecule has 2 aromatic carbocycles. The van der Waals surface area contributed by atoms with Gasteiger partial charge in [0.05, 0.1) is 30.7 Å². The van der Waals surface area contributed by atoms with Crippen LogP contribution in [0.3, 0.4) is 0 Å². The summed E-state index contributed by atoms with van der Waals surface area (Å²) < 4.78 is 10.4. The van der Waals surface area contributed by atoms with Crippen molar-refractivity contribution in [2.75, 3.05) is 30.0 Å². The molecule has 0 aliphatic carbocycles. The predicted octanol–water partition coefficient (Wildman–Crippen LogP) is 5.30. The molecule has 1 saturated heterocycles. The van der Waals surface area contributed by atoms with Gasteiger partial charge in [0, 0.05) is 23.7 Å². The number of carbonyl (C=O) groups is 2. The average Bonchev–Trinajstić information content (AvgIpc) is 3.44. The monoisotopic (exact) mass is 502 g/mol. The molecular weight excluding hydrogens is 476 g/mol. The van der Waals surface area contributed by atoms with Gasteiger partial charge < -0.3 is 24.7 Å². The molecule has 0 spiro atoms. The molecule has 2 amide bonds. The second-order valence-electron chi connectivity index (χ2n) is 8.43. The van der Waals surface area contributed by atoms with Crippen LogP contribution in [-0.2, 0) is 4.79 Å². The Balaban J connectivity index is 1.43. The standard InChI is InChI=1S/C27H26N4O4S/c1-17-23(26(33)30-20-10-12-21(34-2)13-11-20)24(31-14-4-16-36-27(31)28-17)18-6-8-19(9-7-18)29-25(32)22-5-3-15-35-22/h3,5-13,15,24H,4,14,16H2,1-2H3,(H,29,32)(H,30,33). The molecular formula is C27H26N4O4S. The van der Waals surface area contributed by atoms with Crippen molar-refractivity contribution in [3.05, 3.63) is 89.5 Å². The zero-order valence-corrected chi connectivity index (χ0v) is 20.8. The molecule has 184 valence electrons. The Hall–Kier alpha value is -3.98. The maximum atomic E-state index is 13.6. The summed E-state index contributed by atoms with van der Waals surface area (Å²) in [5, 5.41) is 6.79. The lowest BCUT2D eigenvalue weighted by atomic mass is 9.93. The molecule has 1 fully saturated rings. The summed E-state index contributed by atoms with van der Waals surface area (Å²) in [6, 6.07) is 17.8. The molecule has 36 heavy (non-hydrogen) atoms. The maximum absolute atomic E-state index is 13.6. The molecule has 1 atom stereocenters. The van der Waals surface area contributed by atoms with Crippen molar-refractivity contribution in [1.82, 2.24) is 4.90 Å². The van der Waals surface area contributed by atoms with Crippen molar-refractivity contribution in [2.45, 2.75) is 19.4 Å². The Labute approximate surface area is 213 Å². The first-order valence-electron chi connectivity index (χ1n) is 11.6. The number of aliphatic imine (C=N–C) groups is 1. The van der Waals surface area contributed by atoms with Crippen LogP contribution in [0.1, 0.15) is 35.5 Å². The highest BCUT2D eigenvalue weighted by molar-refractivity contribution is 8.13. The van der Waals surface area contributed by atoms with E-state index >= 15 is 0 Å². The first kappa shape index (κ1) is 23.7. The predicted molar refractivity (Wildman–Crippen MR) is 141 cm³/mol. The van der Waals surface area contributed by atoms with Gasteiger partial charge in [0.1, 0.15) is 5.75 Å². The van der Waals surface area contributed by atoms with Crippen molar-refractivity contribution >= 4 is 40.1 Å². The summed E-state index contributed by atoms with van der Waals surface area (Å²) in [4.78, 5) is 32.9. The van der Waals surface area contributed by atoms with Crippen molar-refractivity contribution in [1.29, 1.82) is 0 Å². The third-order valence-corrected chi connectivity index (χ3v) is 7.16. The Kier molecular flexibility index (Phi) is 6.81. The van der Waals surface area contributed by atoms with E-state index in [0.717, 1.165) is 35.2 Å². The van der Waals surface area contributed by atoms with Gasteiger partial charge in [0.25, 0.3) is 11.8 Å². The fourth-order valence-corrected chi connectivity index (χ4v) is 5.35. The van der Waals surface area contributed by atoms with E-state index in [9.17, 15) is 9.59 Å². The van der Waals surface area contributed by atoms with E-state index in [0.29, 0.717) is 22.6 Å². The smallest absolute Gasteiger partial charge is 0.291 e. The number of anilines is 2. The number of nitrogens with zero attached hydrogens (tertiary/aromatic N) is 2. The number of hydrogen-bond acceptors (Lipinski definition) is 7. The third kappa shape index (κ3) is 4.87. The normalized spacial score (nSPS) is 17.2. The Morgan fingerprint density at radius 3 is 2.39 bits per heavy atom. The minimum absolute atomic E-state index is 0.198. The summed E-state index contributed by atoms with van der Waals surface area (Å²) >= 11 is 1.71. The molecule has 2 aliphatic heterocycles. The Bertz CT molecular complexity index is 1310. The van der Waals surface area contributed by atoms with Gasteiger partial charge in [-0.05, 0) is 67.4 Å². The number of amides is 2. The number of amidine groups is 1. The molecule has 0 saturated carbocycles. The van der Waals surface area contributed by atoms with E-state index in [1.807, 2.05) is 55.5 Å². The Morgan fingerprint density at radius 1 is 1.03 bits per heavy atom. The lowest BCUT2D eigenvalue weighted by Crippen LogP contribution is -2.43. The van der Waals surface area contributed by atoms with Crippen molar-refractivity contribution in [2.24, 2.45) is 4.99 Å². The van der Waals surface area contributed by atoms with Gasteiger partial charge in [-0.2, -0.15) is 0 Å². The second kappa shape index (κ2) is 10.3. The van der Waals surface area contributed by atoms with Crippen LogP contribution in [0.4, 0.5) is 11.4 Å². The first-order valence-corrected chi connectivity index (χ1v) is 12.6. The third-order valence-electron chi connectivity index (χ3n) is 6.08. The lowest BCUT2D eigenvalue weighted by molar-refractivity contribution is -0.113. The van der Waals surface area contributed by atoms with Crippen molar-refractivity contribution < 1.29 is 18.7 Å². The summed E-state index contributed by atoms with van der Waals surface area (Å²) in [5.74, 6) is 1.45. The van der Waals surface area contributed by atoms with E-state index in [2.05, 4.69) is 15.5 Å². The topological polar surface area (TPSA) is 96.2 Å². The number of furan rings is 1. The van der Waals surface area contributed by atoms with Gasteiger partial charge in [0.15, 0.2) is 10.9 Å². The molecule has 5 rings (SSSR count). The summed E-state index contributed by atoms with van der Waals surface area (Å²) in [7, 11) is 1.61. The molecule has 3 heterocycles. The van der Waals surface area contributed by atoms with Gasteiger partial charge in [-0.3, -0.25) is 9.59 Å². The number of methoxy groups -OCH3 is 1. The summed E-state index contributed by atoms with van der Waals surface area (Å²) in [6.07, 6.45) is 2.47. The molecule has 2 N–H and O–H groups in total. The highest BCUT2D eigenvalue weighted by Crippen LogP contribution is 2.40. The minimum Gasteiger partial charge on any atom is -0.497 e. The van der Waals surface area contributed by atoms with Crippen LogP contribution in [0.5, 0.6) is 5.75 Å². The van der Waals surface area contributed by atoms with E-state index in [1.165, 1.54) is 6.26 Å². The van der Waals surface area contributed by atoms with E-state index in [4.69, 9.17) is 14.1 Å². The van der Waals surface area contributed by atoms with Crippen molar-refractivity contribution in [3.63, 3.8) is 0 Å². The van der Waals surface area contributed by atoms with Gasteiger partial charge in [-0.15, -0.1) is 0 Å². The lowest BCUT2D eigenvalue weighted by Gasteiger charge is -2.40. The molecule has 1 aromatic heterocycles. The average molecular weight is 503 g/mol. The highest BCUT2D eigenvalue weighted by Gasteiger charge is 2.37. The number of nitrogens with one attached hydrogen (secondary N) is 2. The van der Waals surface area contributed by atoms with E-state index in [1.54, 1.807) is 31.0 Å². The van der Waals surface area contributed by atoms with Gasteiger partial charge in [0.2, 0.25) is 0 Å². The van der Waals surface area contributed by atoms with Crippen molar-refractivity contribution in [3.8, 4) is 5.75 Å². The summed E-state index contributed by atoms with van der Waals surface area (Å²) in [6.45, 7) is 2.69. The second-order valence-corrected chi connectivity index (χ2v) is 9.49. The van der Waals surface area contributed by atoms with Crippen LogP contribution in [-0.4, -0.2) is 41.3 Å². The molecule has 9 heteroatoms. The fourth-order valence-electron chi connectivity index (χ4n) is 4.33. The molecule has 8 nitrogen and oxygen atoms in total. The number of thioether (sulfide) groups is 1. The number of allylic oxidation sites excluding steroid dienone is 1. The minimum atomic E-state index is -0.317. The van der Waals surface area contributed by atoms with Gasteiger partial charge in [-0.25, -0.2) is 4.99 Å². The molecule has 0 bridgehead atoms. The number of hydrogen-bond donors (Lipinski definition) is 2. The van der Waals surface area contributed by atoms with Crippen LogP contribution < -0.4 is 15.4 Å². The molecule has 1 unspecified atom stereocenters. The zero-order valence-electron chi connectivity index (χ0n) is 20.0. The van der Waals surface area contributed by atoms with Crippen LogP contribution in [0, 0.1) is 0 Å². The van der Waals surface area contributed by atoms with Gasteiger partial charge >= 0.3 is 0 Å². The van der Waals surface area contributed by atoms with Crippen LogP contribution >= 0.6 is 11.8 Å². The number of carbonyl (C=O) groups excluding carboxylic acids is 2. The number of fused-ring (bicyclic) bond motifs is 1. The number of ether oxygens (including phenoxy) is 1. The molecule has 3 aromatic rings. The largest absolute Gasteiger partial charge is 0.497 e. The van der Waals surface area contributed by atoms with Crippen LogP contribution in [0.25, 0.3) is 0 Å². The zero-order chi connectivity index (χ0) is 25.1. The fraction of sp³-hybridized carbons (Fsp3) is 0.222. The summed E-state index contributed by atoms with van der Waals surface area (Å²) in [5.41, 5.74) is 3.56. The van der Waals surface area contributed by atoms with Crippen LogP contribution in [0.15, 0.2) is 87.6 Å². The maximum Gasteiger partial charge on any atom is 0.291 e. The molecule has 0 radical (unpaired) electrons. The first-order chi connectivity index (χ1) is 17.5. The number of benzene rings is 2.